The van der Waals surface area contributed by atoms with Crippen LogP contribution in [0.25, 0.3) is 0 Å². The molecular formula is C7H14ClNO4. The van der Waals surface area contributed by atoms with Crippen LogP contribution in [-0.4, -0.2) is 49.1 Å². The number of carboxylic acids is 1. The second kappa shape index (κ2) is 5.39. The summed E-state index contributed by atoms with van der Waals surface area (Å²) in [4.78, 5) is 10.8. The van der Waals surface area contributed by atoms with E-state index in [0.29, 0.717) is 13.2 Å². The van der Waals surface area contributed by atoms with E-state index in [0.717, 1.165) is 0 Å². The zero-order valence-corrected chi connectivity index (χ0v) is 7.97. The quantitative estimate of drug-likeness (QED) is 0.551. The lowest BCUT2D eigenvalue weighted by molar-refractivity contribution is -0.154. The third-order valence-corrected chi connectivity index (χ3v) is 2.02. The molecule has 1 atom stereocenters. The van der Waals surface area contributed by atoms with Crippen LogP contribution in [0, 0.1) is 5.41 Å². The number of aliphatic hydroxyl groups is 1. The Morgan fingerprint density at radius 1 is 1.62 bits per heavy atom. The molecule has 0 amide bonds. The molecule has 0 aromatic carbocycles. The second-order valence-corrected chi connectivity index (χ2v) is 2.97. The largest absolute Gasteiger partial charge is 0.481 e. The molecule has 1 saturated heterocycles. The topological polar surface area (TPSA) is 78.8 Å². The third kappa shape index (κ3) is 2.80. The summed E-state index contributed by atoms with van der Waals surface area (Å²) < 4.78 is 5.06. The van der Waals surface area contributed by atoms with Crippen LogP contribution in [0.3, 0.4) is 0 Å². The first kappa shape index (κ1) is 12.6. The average Bonchev–Trinajstić information content (AvgIpc) is 2.29. The molecule has 0 bridgehead atoms. The summed E-state index contributed by atoms with van der Waals surface area (Å²) in [5.74, 6) is -1.01. The number of aliphatic carboxylic acids is 1. The minimum Gasteiger partial charge on any atom is -0.481 e. The van der Waals surface area contributed by atoms with Gasteiger partial charge in [-0.05, 0) is 0 Å². The summed E-state index contributed by atoms with van der Waals surface area (Å²) >= 11 is 0. The molecule has 1 unspecified atom stereocenters. The smallest absolute Gasteiger partial charge is 0.315 e. The van der Waals surface area contributed by atoms with Gasteiger partial charge in [-0.1, -0.05) is 0 Å². The Morgan fingerprint density at radius 2 is 2.31 bits per heavy atom. The molecule has 3 N–H and O–H groups in total. The van der Waals surface area contributed by atoms with Gasteiger partial charge in [0, 0.05) is 13.1 Å². The van der Waals surface area contributed by atoms with Crippen molar-refractivity contribution in [2.24, 2.45) is 5.41 Å². The SMILES string of the molecule is Cl.O=C(O)C1(CO)CNCCOC1. The molecule has 1 fully saturated rings. The second-order valence-electron chi connectivity index (χ2n) is 2.97. The minimum absolute atomic E-state index is 0. The highest BCUT2D eigenvalue weighted by Gasteiger charge is 2.39. The Balaban J connectivity index is 0.00000144. The van der Waals surface area contributed by atoms with Gasteiger partial charge in [0.2, 0.25) is 0 Å². The number of nitrogens with one attached hydrogen (secondary N) is 1. The molecule has 0 saturated carbocycles. The lowest BCUT2D eigenvalue weighted by atomic mass is 9.90. The fraction of sp³-hybridized carbons (Fsp3) is 0.857. The summed E-state index contributed by atoms with van der Waals surface area (Å²) in [6.07, 6.45) is 0. The molecule has 0 aromatic heterocycles. The molecule has 1 aliphatic rings. The minimum atomic E-state index is -1.16. The van der Waals surface area contributed by atoms with Crippen molar-refractivity contribution in [1.82, 2.24) is 5.32 Å². The molecule has 5 nitrogen and oxygen atoms in total. The Hall–Kier alpha value is -0.360. The Bertz CT molecular complexity index is 168. The van der Waals surface area contributed by atoms with Crippen molar-refractivity contribution in [3.05, 3.63) is 0 Å². The molecule has 6 heteroatoms. The van der Waals surface area contributed by atoms with Crippen LogP contribution in [-0.2, 0) is 9.53 Å². The predicted octanol–water partition coefficient (Wildman–Crippen LogP) is -0.909. The van der Waals surface area contributed by atoms with Crippen LogP contribution in [0.2, 0.25) is 0 Å². The first-order chi connectivity index (χ1) is 5.71. The van der Waals surface area contributed by atoms with E-state index >= 15 is 0 Å². The van der Waals surface area contributed by atoms with Crippen LogP contribution < -0.4 is 5.32 Å². The zero-order chi connectivity index (χ0) is 9.03. The molecule has 0 radical (unpaired) electrons. The Kier molecular flexibility index (Phi) is 5.24. The van der Waals surface area contributed by atoms with Gasteiger partial charge < -0.3 is 20.3 Å². The summed E-state index contributed by atoms with van der Waals surface area (Å²) in [7, 11) is 0. The van der Waals surface area contributed by atoms with E-state index in [2.05, 4.69) is 5.32 Å². The maximum absolute atomic E-state index is 10.8. The van der Waals surface area contributed by atoms with Gasteiger partial charge in [-0.15, -0.1) is 12.4 Å². The number of hydrogen-bond donors (Lipinski definition) is 3. The lowest BCUT2D eigenvalue weighted by Crippen LogP contribution is -2.45. The van der Waals surface area contributed by atoms with E-state index in [-0.39, 0.29) is 25.6 Å². The first-order valence-corrected chi connectivity index (χ1v) is 3.84. The molecule has 0 aromatic rings. The molecule has 1 heterocycles. The van der Waals surface area contributed by atoms with Gasteiger partial charge in [0.25, 0.3) is 0 Å². The maximum atomic E-state index is 10.8. The summed E-state index contributed by atoms with van der Waals surface area (Å²) in [5.41, 5.74) is -1.16. The van der Waals surface area contributed by atoms with Crippen molar-refractivity contribution in [3.8, 4) is 0 Å². The molecule has 1 rings (SSSR count). The van der Waals surface area contributed by atoms with Crippen LogP contribution in [0.4, 0.5) is 0 Å². The molecule has 0 spiro atoms. The third-order valence-electron chi connectivity index (χ3n) is 2.02. The van der Waals surface area contributed by atoms with Crippen LogP contribution in [0.1, 0.15) is 0 Å². The fourth-order valence-electron chi connectivity index (χ4n) is 1.10. The van der Waals surface area contributed by atoms with E-state index in [1.807, 2.05) is 0 Å². The molecular weight excluding hydrogens is 198 g/mol. The summed E-state index contributed by atoms with van der Waals surface area (Å²) in [5, 5.41) is 20.7. The van der Waals surface area contributed by atoms with Crippen molar-refractivity contribution in [2.75, 3.05) is 32.9 Å². The highest BCUT2D eigenvalue weighted by atomic mass is 35.5. The van der Waals surface area contributed by atoms with Crippen molar-refractivity contribution in [2.45, 2.75) is 0 Å². The van der Waals surface area contributed by atoms with E-state index in [4.69, 9.17) is 14.9 Å². The number of carbonyl (C=O) groups is 1. The molecule has 78 valence electrons. The van der Waals surface area contributed by atoms with Crippen molar-refractivity contribution < 1.29 is 19.7 Å². The average molecular weight is 212 g/mol. The normalized spacial score (nSPS) is 28.7. The number of ether oxygens (including phenoxy) is 1. The Morgan fingerprint density at radius 3 is 2.85 bits per heavy atom. The van der Waals surface area contributed by atoms with Crippen molar-refractivity contribution >= 4 is 18.4 Å². The number of rotatable bonds is 2. The fourth-order valence-corrected chi connectivity index (χ4v) is 1.10. The monoisotopic (exact) mass is 211 g/mol. The number of carboxylic acid groups (broad SMARTS) is 1. The van der Waals surface area contributed by atoms with Crippen LogP contribution in [0.15, 0.2) is 0 Å². The van der Waals surface area contributed by atoms with Gasteiger partial charge in [0.15, 0.2) is 0 Å². The van der Waals surface area contributed by atoms with Crippen molar-refractivity contribution in [3.63, 3.8) is 0 Å². The zero-order valence-electron chi connectivity index (χ0n) is 7.15. The van der Waals surface area contributed by atoms with Crippen molar-refractivity contribution in [1.29, 1.82) is 0 Å². The molecule has 0 aliphatic carbocycles. The van der Waals surface area contributed by atoms with Crippen LogP contribution in [0.5, 0.6) is 0 Å². The van der Waals surface area contributed by atoms with E-state index in [9.17, 15) is 4.79 Å². The maximum Gasteiger partial charge on any atom is 0.315 e. The molecule has 1 aliphatic heterocycles. The predicted molar refractivity (Wildman–Crippen MR) is 48.1 cm³/mol. The number of halogens is 1. The van der Waals surface area contributed by atoms with Gasteiger partial charge in [-0.25, -0.2) is 0 Å². The summed E-state index contributed by atoms with van der Waals surface area (Å²) in [6, 6.07) is 0. The van der Waals surface area contributed by atoms with E-state index < -0.39 is 18.0 Å². The molecule has 13 heavy (non-hydrogen) atoms. The lowest BCUT2D eigenvalue weighted by Gasteiger charge is -2.23. The number of hydrogen-bond acceptors (Lipinski definition) is 4. The standard InChI is InChI=1S/C7H13NO4.ClH/c9-4-7(6(10)11)3-8-1-2-12-5-7;/h8-9H,1-5H2,(H,10,11);1H. The van der Waals surface area contributed by atoms with Gasteiger partial charge in [-0.2, -0.15) is 0 Å². The highest BCUT2D eigenvalue weighted by molar-refractivity contribution is 5.85. The van der Waals surface area contributed by atoms with Crippen LogP contribution >= 0.6 is 12.4 Å². The van der Waals surface area contributed by atoms with E-state index in [1.165, 1.54) is 0 Å². The van der Waals surface area contributed by atoms with E-state index in [1.54, 1.807) is 0 Å². The number of aliphatic hydroxyl groups excluding tert-OH is 1. The van der Waals surface area contributed by atoms with Gasteiger partial charge in [-0.3, -0.25) is 4.79 Å². The Labute approximate surface area is 82.5 Å². The van der Waals surface area contributed by atoms with Gasteiger partial charge in [0.05, 0.1) is 19.8 Å². The van der Waals surface area contributed by atoms with Gasteiger partial charge >= 0.3 is 5.97 Å². The first-order valence-electron chi connectivity index (χ1n) is 3.84. The highest BCUT2D eigenvalue weighted by Crippen LogP contribution is 2.17. The van der Waals surface area contributed by atoms with Gasteiger partial charge in [0.1, 0.15) is 5.41 Å². The summed E-state index contributed by atoms with van der Waals surface area (Å²) in [6.45, 7) is 1.07.